The van der Waals surface area contributed by atoms with Crippen LogP contribution in [0.5, 0.6) is 5.75 Å². The van der Waals surface area contributed by atoms with Crippen molar-refractivity contribution >= 4 is 0 Å². The van der Waals surface area contributed by atoms with Gasteiger partial charge >= 0.3 is 0 Å². The number of ether oxygens (including phenoxy) is 1. The first-order chi connectivity index (χ1) is 10.3. The third-order valence-corrected chi connectivity index (χ3v) is 5.49. The van der Waals surface area contributed by atoms with E-state index in [4.69, 9.17) is 4.74 Å². The van der Waals surface area contributed by atoms with Crippen LogP contribution < -0.4 is 10.1 Å². The molecule has 21 heavy (non-hydrogen) atoms. The number of hydrogen-bond donors (Lipinski definition) is 1. The highest BCUT2D eigenvalue weighted by Gasteiger charge is 2.26. The van der Waals surface area contributed by atoms with E-state index in [1.807, 2.05) is 0 Å². The molecule has 116 valence electrons. The summed E-state index contributed by atoms with van der Waals surface area (Å²) in [5.74, 6) is 1.87. The fourth-order valence-corrected chi connectivity index (χ4v) is 4.18. The Morgan fingerprint density at radius 3 is 2.67 bits per heavy atom. The van der Waals surface area contributed by atoms with E-state index in [-0.39, 0.29) is 0 Å². The van der Waals surface area contributed by atoms with Crippen molar-refractivity contribution in [3.05, 3.63) is 29.3 Å². The van der Waals surface area contributed by atoms with E-state index in [0.29, 0.717) is 12.1 Å². The minimum Gasteiger partial charge on any atom is -0.497 e. The lowest BCUT2D eigenvalue weighted by Crippen LogP contribution is -2.38. The van der Waals surface area contributed by atoms with E-state index in [2.05, 4.69) is 30.4 Å². The number of rotatable bonds is 4. The highest BCUT2D eigenvalue weighted by Crippen LogP contribution is 2.34. The topological polar surface area (TPSA) is 21.3 Å². The van der Waals surface area contributed by atoms with Gasteiger partial charge in [0.2, 0.25) is 0 Å². The first kappa shape index (κ1) is 14.9. The first-order valence-electron chi connectivity index (χ1n) is 8.71. The number of methoxy groups -OCH3 is 1. The molecule has 0 radical (unpaired) electrons. The van der Waals surface area contributed by atoms with Crippen LogP contribution in [0.25, 0.3) is 0 Å². The van der Waals surface area contributed by atoms with Crippen molar-refractivity contribution in [3.8, 4) is 5.75 Å². The van der Waals surface area contributed by atoms with Gasteiger partial charge in [-0.2, -0.15) is 0 Å². The molecular formula is C19H29NO. The molecule has 1 unspecified atom stereocenters. The summed E-state index contributed by atoms with van der Waals surface area (Å²) in [4.78, 5) is 0. The minimum absolute atomic E-state index is 0.539. The van der Waals surface area contributed by atoms with Crippen molar-refractivity contribution < 1.29 is 4.74 Å². The molecule has 0 saturated heterocycles. The number of aryl methyl sites for hydroxylation is 1. The number of hydrogen-bond acceptors (Lipinski definition) is 2. The first-order valence-corrected chi connectivity index (χ1v) is 8.71. The van der Waals surface area contributed by atoms with Gasteiger partial charge in [0, 0.05) is 12.1 Å². The van der Waals surface area contributed by atoms with Crippen molar-refractivity contribution in [2.75, 3.05) is 7.11 Å². The van der Waals surface area contributed by atoms with Gasteiger partial charge in [0.15, 0.2) is 0 Å². The minimum atomic E-state index is 0.539. The number of nitrogens with one attached hydrogen (secondary N) is 1. The second-order valence-electron chi connectivity index (χ2n) is 6.86. The van der Waals surface area contributed by atoms with Gasteiger partial charge in [-0.1, -0.05) is 25.3 Å². The molecule has 0 heterocycles. The van der Waals surface area contributed by atoms with E-state index < -0.39 is 0 Å². The van der Waals surface area contributed by atoms with Gasteiger partial charge in [-0.25, -0.2) is 0 Å². The summed E-state index contributed by atoms with van der Waals surface area (Å²) < 4.78 is 5.37. The lowest BCUT2D eigenvalue weighted by atomic mass is 9.82. The van der Waals surface area contributed by atoms with Crippen LogP contribution in [0.3, 0.4) is 0 Å². The maximum atomic E-state index is 5.37. The van der Waals surface area contributed by atoms with Crippen LogP contribution in [0.2, 0.25) is 0 Å². The van der Waals surface area contributed by atoms with Crippen LogP contribution in [0.15, 0.2) is 18.2 Å². The Kier molecular flexibility index (Phi) is 4.84. The summed E-state index contributed by atoms with van der Waals surface area (Å²) in [6, 6.07) is 7.80. The van der Waals surface area contributed by atoms with E-state index >= 15 is 0 Å². The molecule has 0 bridgehead atoms. The van der Waals surface area contributed by atoms with Crippen LogP contribution >= 0.6 is 0 Å². The van der Waals surface area contributed by atoms with Crippen molar-refractivity contribution in [2.24, 2.45) is 5.92 Å². The average Bonchev–Trinajstić information content (AvgIpc) is 2.55. The lowest BCUT2D eigenvalue weighted by Gasteiger charge is -2.34. The van der Waals surface area contributed by atoms with E-state index in [9.17, 15) is 0 Å². The Morgan fingerprint density at radius 2 is 1.90 bits per heavy atom. The zero-order chi connectivity index (χ0) is 14.7. The lowest BCUT2D eigenvalue weighted by molar-refractivity contribution is 0.257. The van der Waals surface area contributed by atoms with Gasteiger partial charge in [-0.3, -0.25) is 0 Å². The van der Waals surface area contributed by atoms with Crippen LogP contribution in [-0.4, -0.2) is 13.2 Å². The fraction of sp³-hybridized carbons (Fsp3) is 0.684. The summed E-state index contributed by atoms with van der Waals surface area (Å²) in [6.07, 6.45) is 10.9. The van der Waals surface area contributed by atoms with Gasteiger partial charge in [-0.05, 0) is 68.2 Å². The highest BCUT2D eigenvalue weighted by molar-refractivity contribution is 5.39. The van der Waals surface area contributed by atoms with Crippen molar-refractivity contribution in [1.29, 1.82) is 0 Å². The standard InChI is InChI=1S/C19H29NO/c1-14(15-7-4-3-5-8-15)20-19-10-6-9-16-13-17(21-2)11-12-18(16)19/h11-15,19-20H,3-10H2,1-2H3/t14-,19?/m1/s1. The Hall–Kier alpha value is -1.02. The van der Waals surface area contributed by atoms with E-state index in [0.717, 1.165) is 11.7 Å². The SMILES string of the molecule is COc1ccc2c(c1)CCCC2N[C@H](C)C1CCCCC1. The Balaban J connectivity index is 1.69. The number of benzene rings is 1. The Morgan fingerprint density at radius 1 is 1.10 bits per heavy atom. The summed E-state index contributed by atoms with van der Waals surface area (Å²) in [5.41, 5.74) is 2.98. The van der Waals surface area contributed by atoms with Gasteiger partial charge in [0.25, 0.3) is 0 Å². The molecule has 2 atom stereocenters. The van der Waals surface area contributed by atoms with Gasteiger partial charge in [-0.15, -0.1) is 0 Å². The molecule has 2 aliphatic rings. The van der Waals surface area contributed by atoms with Crippen LogP contribution in [0.1, 0.15) is 69.0 Å². The van der Waals surface area contributed by atoms with Crippen molar-refractivity contribution in [3.63, 3.8) is 0 Å². The zero-order valence-corrected chi connectivity index (χ0v) is 13.5. The third-order valence-electron chi connectivity index (χ3n) is 5.49. The molecule has 1 fully saturated rings. The zero-order valence-electron chi connectivity index (χ0n) is 13.5. The molecule has 0 aromatic heterocycles. The maximum Gasteiger partial charge on any atom is 0.119 e. The Bertz CT molecular complexity index is 465. The molecular weight excluding hydrogens is 258 g/mol. The molecule has 2 aliphatic carbocycles. The largest absolute Gasteiger partial charge is 0.497 e. The van der Waals surface area contributed by atoms with E-state index in [1.165, 1.54) is 62.5 Å². The maximum absolute atomic E-state index is 5.37. The van der Waals surface area contributed by atoms with Gasteiger partial charge < -0.3 is 10.1 Å². The highest BCUT2D eigenvalue weighted by atomic mass is 16.5. The molecule has 1 saturated carbocycles. The molecule has 0 amide bonds. The molecule has 0 aliphatic heterocycles. The molecule has 2 nitrogen and oxygen atoms in total. The molecule has 2 heteroatoms. The molecule has 0 spiro atoms. The normalized spacial score (nSPS) is 24.4. The van der Waals surface area contributed by atoms with Crippen molar-refractivity contribution in [2.45, 2.75) is 70.4 Å². The summed E-state index contributed by atoms with van der Waals surface area (Å²) in [5, 5.41) is 3.94. The smallest absolute Gasteiger partial charge is 0.119 e. The fourth-order valence-electron chi connectivity index (χ4n) is 4.18. The van der Waals surface area contributed by atoms with E-state index in [1.54, 1.807) is 7.11 Å². The second kappa shape index (κ2) is 6.83. The van der Waals surface area contributed by atoms with Crippen molar-refractivity contribution in [1.82, 2.24) is 5.32 Å². The molecule has 1 N–H and O–H groups in total. The summed E-state index contributed by atoms with van der Waals surface area (Å²) >= 11 is 0. The van der Waals surface area contributed by atoms with Crippen LogP contribution in [0.4, 0.5) is 0 Å². The molecule has 1 aromatic rings. The average molecular weight is 287 g/mol. The Labute approximate surface area is 129 Å². The third kappa shape index (κ3) is 3.42. The number of fused-ring (bicyclic) bond motifs is 1. The molecule has 3 rings (SSSR count). The second-order valence-corrected chi connectivity index (χ2v) is 6.86. The quantitative estimate of drug-likeness (QED) is 0.871. The molecule has 1 aromatic carbocycles. The monoisotopic (exact) mass is 287 g/mol. The van der Waals surface area contributed by atoms with Crippen LogP contribution in [-0.2, 0) is 6.42 Å². The summed E-state index contributed by atoms with van der Waals surface area (Å²) in [7, 11) is 1.76. The summed E-state index contributed by atoms with van der Waals surface area (Å²) in [6.45, 7) is 2.40. The van der Waals surface area contributed by atoms with Gasteiger partial charge in [0.1, 0.15) is 5.75 Å². The predicted octanol–water partition coefficient (Wildman–Crippen LogP) is 4.63. The predicted molar refractivity (Wildman–Crippen MR) is 87.8 cm³/mol. The van der Waals surface area contributed by atoms with Crippen LogP contribution in [0, 0.1) is 5.92 Å². The van der Waals surface area contributed by atoms with Gasteiger partial charge in [0.05, 0.1) is 7.11 Å².